The molecule has 17 heavy (non-hydrogen) atoms. The third-order valence-corrected chi connectivity index (χ3v) is 3.20. The summed E-state index contributed by atoms with van der Waals surface area (Å²) in [6, 6.07) is 0. The van der Waals surface area contributed by atoms with Crippen molar-refractivity contribution in [3.8, 4) is 0 Å². The maximum atomic E-state index is 8.71. The first-order chi connectivity index (χ1) is 8.07. The number of aliphatic hydroxyl groups is 1. The van der Waals surface area contributed by atoms with Gasteiger partial charge in [-0.15, -0.1) is 0 Å². The summed E-state index contributed by atoms with van der Waals surface area (Å²) in [5.74, 6) is 0. The molecule has 1 aliphatic rings. The van der Waals surface area contributed by atoms with Crippen LogP contribution in [-0.2, 0) is 4.74 Å². The standard InChI is InChI=1S/C13H28N2O2/c1-13(2)11-15(10-12(9-14)17-13)7-5-3-4-6-8-16/h12,16H,3-11,14H2,1-2H3. The van der Waals surface area contributed by atoms with Crippen molar-refractivity contribution in [3.63, 3.8) is 0 Å². The molecule has 0 saturated carbocycles. The molecule has 0 aliphatic carbocycles. The van der Waals surface area contributed by atoms with Crippen molar-refractivity contribution in [3.05, 3.63) is 0 Å². The van der Waals surface area contributed by atoms with E-state index in [4.69, 9.17) is 15.6 Å². The molecule has 0 bridgehead atoms. The van der Waals surface area contributed by atoms with E-state index in [1.165, 1.54) is 12.8 Å². The summed E-state index contributed by atoms with van der Waals surface area (Å²) in [7, 11) is 0. The molecule has 102 valence electrons. The Labute approximate surface area is 105 Å². The molecule has 1 aliphatic heterocycles. The Morgan fingerprint density at radius 3 is 2.65 bits per heavy atom. The summed E-state index contributed by atoms with van der Waals surface area (Å²) in [4.78, 5) is 2.46. The number of nitrogens with zero attached hydrogens (tertiary/aromatic N) is 1. The highest BCUT2D eigenvalue weighted by atomic mass is 16.5. The summed E-state index contributed by atoms with van der Waals surface area (Å²) in [6.07, 6.45) is 4.64. The molecule has 1 saturated heterocycles. The molecule has 4 heteroatoms. The van der Waals surface area contributed by atoms with Crippen molar-refractivity contribution >= 4 is 0 Å². The lowest BCUT2D eigenvalue weighted by Crippen LogP contribution is -2.54. The maximum Gasteiger partial charge on any atom is 0.0831 e. The average molecular weight is 244 g/mol. The Kier molecular flexibility index (Phi) is 6.41. The number of hydrogen-bond donors (Lipinski definition) is 2. The Hall–Kier alpha value is -0.160. The zero-order valence-electron chi connectivity index (χ0n) is 11.3. The predicted octanol–water partition coefficient (Wildman–Crippen LogP) is 0.977. The minimum absolute atomic E-state index is 0.0760. The average Bonchev–Trinajstić information content (AvgIpc) is 2.26. The van der Waals surface area contributed by atoms with Crippen molar-refractivity contribution in [1.82, 2.24) is 4.90 Å². The monoisotopic (exact) mass is 244 g/mol. The third-order valence-electron chi connectivity index (χ3n) is 3.20. The lowest BCUT2D eigenvalue weighted by Gasteiger charge is -2.42. The fourth-order valence-electron chi connectivity index (χ4n) is 2.51. The van der Waals surface area contributed by atoms with Crippen LogP contribution in [0.4, 0.5) is 0 Å². The van der Waals surface area contributed by atoms with Gasteiger partial charge in [-0.2, -0.15) is 0 Å². The first-order valence-corrected chi connectivity index (χ1v) is 6.78. The summed E-state index contributed by atoms with van der Waals surface area (Å²) < 4.78 is 5.90. The number of unbranched alkanes of at least 4 members (excludes halogenated alkanes) is 3. The van der Waals surface area contributed by atoms with Gasteiger partial charge in [0.25, 0.3) is 0 Å². The minimum atomic E-state index is -0.0760. The van der Waals surface area contributed by atoms with E-state index in [-0.39, 0.29) is 11.7 Å². The lowest BCUT2D eigenvalue weighted by molar-refractivity contribution is -0.131. The number of nitrogens with two attached hydrogens (primary N) is 1. The van der Waals surface area contributed by atoms with E-state index >= 15 is 0 Å². The molecule has 0 spiro atoms. The van der Waals surface area contributed by atoms with Gasteiger partial charge < -0.3 is 15.6 Å². The van der Waals surface area contributed by atoms with Gasteiger partial charge in [-0.1, -0.05) is 12.8 Å². The van der Waals surface area contributed by atoms with E-state index in [1.807, 2.05) is 0 Å². The van der Waals surface area contributed by atoms with Gasteiger partial charge in [-0.25, -0.2) is 0 Å². The highest BCUT2D eigenvalue weighted by molar-refractivity contribution is 4.84. The topological polar surface area (TPSA) is 58.7 Å². The van der Waals surface area contributed by atoms with Gasteiger partial charge in [0.1, 0.15) is 0 Å². The van der Waals surface area contributed by atoms with Gasteiger partial charge in [0.05, 0.1) is 11.7 Å². The van der Waals surface area contributed by atoms with Crippen LogP contribution in [0, 0.1) is 0 Å². The molecule has 3 N–H and O–H groups in total. The van der Waals surface area contributed by atoms with Crippen molar-refractivity contribution in [2.75, 3.05) is 32.8 Å². The molecule has 0 radical (unpaired) electrons. The number of rotatable bonds is 7. The number of aliphatic hydroxyl groups excluding tert-OH is 1. The van der Waals surface area contributed by atoms with Crippen LogP contribution < -0.4 is 5.73 Å². The summed E-state index contributed by atoms with van der Waals surface area (Å²) in [5.41, 5.74) is 5.63. The first-order valence-electron chi connectivity index (χ1n) is 6.78. The molecule has 1 atom stereocenters. The van der Waals surface area contributed by atoms with Crippen LogP contribution in [0.5, 0.6) is 0 Å². The van der Waals surface area contributed by atoms with Gasteiger partial charge >= 0.3 is 0 Å². The van der Waals surface area contributed by atoms with E-state index in [9.17, 15) is 0 Å². The van der Waals surface area contributed by atoms with Gasteiger partial charge in [0, 0.05) is 26.2 Å². The molecule has 1 heterocycles. The fourth-order valence-corrected chi connectivity index (χ4v) is 2.51. The van der Waals surface area contributed by atoms with Gasteiger partial charge in [-0.3, -0.25) is 4.90 Å². The van der Waals surface area contributed by atoms with Gasteiger partial charge in [-0.05, 0) is 33.2 Å². The van der Waals surface area contributed by atoms with Crippen molar-refractivity contribution in [2.24, 2.45) is 5.73 Å². The van der Waals surface area contributed by atoms with Crippen LogP contribution in [0.1, 0.15) is 39.5 Å². The largest absolute Gasteiger partial charge is 0.396 e. The minimum Gasteiger partial charge on any atom is -0.396 e. The molecule has 0 amide bonds. The Morgan fingerprint density at radius 1 is 1.29 bits per heavy atom. The number of morpholine rings is 1. The van der Waals surface area contributed by atoms with E-state index in [0.717, 1.165) is 32.5 Å². The van der Waals surface area contributed by atoms with E-state index in [2.05, 4.69) is 18.7 Å². The summed E-state index contributed by atoms with van der Waals surface area (Å²) in [6.45, 7) is 8.25. The zero-order valence-corrected chi connectivity index (χ0v) is 11.3. The van der Waals surface area contributed by atoms with Crippen LogP contribution >= 0.6 is 0 Å². The van der Waals surface area contributed by atoms with Crippen molar-refractivity contribution in [2.45, 2.75) is 51.2 Å². The van der Waals surface area contributed by atoms with E-state index in [1.54, 1.807) is 0 Å². The molecule has 1 rings (SSSR count). The summed E-state index contributed by atoms with van der Waals surface area (Å²) in [5, 5.41) is 8.71. The van der Waals surface area contributed by atoms with Gasteiger partial charge in [0.15, 0.2) is 0 Å². The highest BCUT2D eigenvalue weighted by Crippen LogP contribution is 2.20. The zero-order chi connectivity index (χ0) is 12.7. The predicted molar refractivity (Wildman–Crippen MR) is 70.0 cm³/mol. The van der Waals surface area contributed by atoms with Crippen LogP contribution in [0.15, 0.2) is 0 Å². The highest BCUT2D eigenvalue weighted by Gasteiger charge is 2.32. The normalized spacial score (nSPS) is 25.1. The molecule has 0 aromatic heterocycles. The third kappa shape index (κ3) is 5.82. The second-order valence-electron chi connectivity index (χ2n) is 5.61. The van der Waals surface area contributed by atoms with Crippen LogP contribution in [0.3, 0.4) is 0 Å². The van der Waals surface area contributed by atoms with Crippen LogP contribution in [-0.4, -0.2) is 54.5 Å². The number of ether oxygens (including phenoxy) is 1. The quantitative estimate of drug-likeness (QED) is 0.655. The second kappa shape index (κ2) is 7.31. The Morgan fingerprint density at radius 2 is 2.00 bits per heavy atom. The smallest absolute Gasteiger partial charge is 0.0831 e. The lowest BCUT2D eigenvalue weighted by atomic mass is 10.0. The van der Waals surface area contributed by atoms with Crippen LogP contribution in [0.2, 0.25) is 0 Å². The van der Waals surface area contributed by atoms with Crippen LogP contribution in [0.25, 0.3) is 0 Å². The fraction of sp³-hybridized carbons (Fsp3) is 1.00. The Balaban J connectivity index is 2.23. The SMILES string of the molecule is CC1(C)CN(CCCCCCO)CC(CN)O1. The molecule has 4 nitrogen and oxygen atoms in total. The van der Waals surface area contributed by atoms with E-state index in [0.29, 0.717) is 13.2 Å². The molecule has 0 aromatic carbocycles. The molecule has 0 aromatic rings. The van der Waals surface area contributed by atoms with Crippen molar-refractivity contribution < 1.29 is 9.84 Å². The van der Waals surface area contributed by atoms with E-state index < -0.39 is 0 Å². The van der Waals surface area contributed by atoms with Crippen molar-refractivity contribution in [1.29, 1.82) is 0 Å². The maximum absolute atomic E-state index is 8.71. The number of hydrogen-bond acceptors (Lipinski definition) is 4. The molecular weight excluding hydrogens is 216 g/mol. The molecular formula is C13H28N2O2. The van der Waals surface area contributed by atoms with Gasteiger partial charge in [0.2, 0.25) is 0 Å². The second-order valence-corrected chi connectivity index (χ2v) is 5.61. The molecule has 1 unspecified atom stereocenters. The Bertz CT molecular complexity index is 210. The molecule has 1 fully saturated rings. The summed E-state index contributed by atoms with van der Waals surface area (Å²) >= 11 is 0. The first kappa shape index (κ1) is 14.9.